The van der Waals surface area contributed by atoms with E-state index in [2.05, 4.69) is 4.42 Å². The molecule has 0 aliphatic heterocycles. The molecule has 18 heavy (non-hydrogen) atoms. The SMILES string of the molecule is Cc1c(O)oc(=O)c(OCc2ccccc2)c1O. The molecule has 0 saturated heterocycles. The third-order valence-corrected chi connectivity index (χ3v) is 2.49. The summed E-state index contributed by atoms with van der Waals surface area (Å²) in [7, 11) is 0. The van der Waals surface area contributed by atoms with E-state index in [0.29, 0.717) is 0 Å². The van der Waals surface area contributed by atoms with Crippen molar-refractivity contribution in [1.82, 2.24) is 0 Å². The van der Waals surface area contributed by atoms with Crippen LogP contribution in [0, 0.1) is 6.92 Å². The highest BCUT2D eigenvalue weighted by Gasteiger charge is 2.17. The van der Waals surface area contributed by atoms with Crippen LogP contribution >= 0.6 is 0 Å². The van der Waals surface area contributed by atoms with Gasteiger partial charge in [0.2, 0.25) is 5.75 Å². The average Bonchev–Trinajstić information content (AvgIpc) is 2.37. The summed E-state index contributed by atoms with van der Waals surface area (Å²) in [4.78, 5) is 11.4. The first-order valence-corrected chi connectivity index (χ1v) is 5.32. The second-order valence-electron chi connectivity index (χ2n) is 3.77. The molecule has 1 heterocycles. The minimum atomic E-state index is -0.911. The van der Waals surface area contributed by atoms with Crippen molar-refractivity contribution in [3.63, 3.8) is 0 Å². The molecule has 94 valence electrons. The summed E-state index contributed by atoms with van der Waals surface area (Å²) in [6, 6.07) is 9.18. The lowest BCUT2D eigenvalue weighted by molar-refractivity contribution is 0.243. The van der Waals surface area contributed by atoms with Crippen LogP contribution in [0.5, 0.6) is 17.4 Å². The van der Waals surface area contributed by atoms with E-state index in [1.807, 2.05) is 30.3 Å². The van der Waals surface area contributed by atoms with Crippen LogP contribution in [0.3, 0.4) is 0 Å². The van der Waals surface area contributed by atoms with Crippen molar-refractivity contribution < 1.29 is 19.4 Å². The first kappa shape index (κ1) is 12.0. The molecule has 0 amide bonds. The van der Waals surface area contributed by atoms with Gasteiger partial charge >= 0.3 is 5.63 Å². The molecule has 2 aromatic rings. The number of hydrogen-bond acceptors (Lipinski definition) is 5. The molecule has 0 atom stereocenters. The zero-order chi connectivity index (χ0) is 13.1. The second kappa shape index (κ2) is 4.83. The molecular formula is C13H12O5. The van der Waals surface area contributed by atoms with Gasteiger partial charge in [-0.1, -0.05) is 30.3 Å². The van der Waals surface area contributed by atoms with E-state index in [4.69, 9.17) is 4.74 Å². The van der Waals surface area contributed by atoms with Crippen molar-refractivity contribution in [2.24, 2.45) is 0 Å². The molecule has 0 bridgehead atoms. The van der Waals surface area contributed by atoms with Gasteiger partial charge in [-0.15, -0.1) is 0 Å². The van der Waals surface area contributed by atoms with Gasteiger partial charge in [-0.2, -0.15) is 0 Å². The highest BCUT2D eigenvalue weighted by molar-refractivity contribution is 5.45. The van der Waals surface area contributed by atoms with E-state index in [0.717, 1.165) is 5.56 Å². The van der Waals surface area contributed by atoms with Gasteiger partial charge in [-0.05, 0) is 12.5 Å². The quantitative estimate of drug-likeness (QED) is 0.867. The van der Waals surface area contributed by atoms with Gasteiger partial charge in [0.1, 0.15) is 6.61 Å². The Morgan fingerprint density at radius 3 is 2.56 bits per heavy atom. The van der Waals surface area contributed by atoms with Gasteiger partial charge < -0.3 is 19.4 Å². The van der Waals surface area contributed by atoms with Crippen molar-refractivity contribution >= 4 is 0 Å². The van der Waals surface area contributed by atoms with Gasteiger partial charge in [-0.3, -0.25) is 0 Å². The smallest absolute Gasteiger partial charge is 0.385 e. The van der Waals surface area contributed by atoms with E-state index >= 15 is 0 Å². The maximum atomic E-state index is 11.4. The fourth-order valence-corrected chi connectivity index (χ4v) is 1.44. The summed E-state index contributed by atoms with van der Waals surface area (Å²) < 4.78 is 9.75. The molecular weight excluding hydrogens is 236 g/mol. The number of ether oxygens (including phenoxy) is 1. The van der Waals surface area contributed by atoms with Crippen molar-refractivity contribution in [2.45, 2.75) is 13.5 Å². The molecule has 0 unspecified atom stereocenters. The van der Waals surface area contributed by atoms with Crippen LogP contribution in [0.15, 0.2) is 39.5 Å². The van der Waals surface area contributed by atoms with Crippen molar-refractivity contribution in [3.8, 4) is 17.4 Å². The molecule has 0 fully saturated rings. The summed E-state index contributed by atoms with van der Waals surface area (Å²) >= 11 is 0. The van der Waals surface area contributed by atoms with E-state index in [-0.39, 0.29) is 17.9 Å². The minimum Gasteiger partial charge on any atom is -0.504 e. The Morgan fingerprint density at radius 1 is 1.22 bits per heavy atom. The standard InChI is InChI=1S/C13H12O5/c1-8-10(14)11(13(16)18-12(8)15)17-7-9-5-3-2-4-6-9/h2-6,14-15H,7H2,1H3. The van der Waals surface area contributed by atoms with Gasteiger partial charge in [0.25, 0.3) is 5.95 Å². The lowest BCUT2D eigenvalue weighted by Gasteiger charge is -2.08. The Labute approximate surface area is 103 Å². The molecule has 0 spiro atoms. The van der Waals surface area contributed by atoms with Gasteiger partial charge in [-0.25, -0.2) is 4.79 Å². The fourth-order valence-electron chi connectivity index (χ4n) is 1.44. The molecule has 1 aromatic heterocycles. The average molecular weight is 248 g/mol. The summed E-state index contributed by atoms with van der Waals surface area (Å²) in [6.07, 6.45) is 0. The first-order chi connectivity index (χ1) is 8.59. The van der Waals surface area contributed by atoms with E-state index in [9.17, 15) is 15.0 Å². The Morgan fingerprint density at radius 2 is 1.89 bits per heavy atom. The highest BCUT2D eigenvalue weighted by atomic mass is 16.5. The summed E-state index contributed by atoms with van der Waals surface area (Å²) in [5, 5.41) is 18.9. The summed E-state index contributed by atoms with van der Waals surface area (Å²) in [5.74, 6) is -1.31. The lowest BCUT2D eigenvalue weighted by Crippen LogP contribution is -2.08. The molecule has 5 nitrogen and oxygen atoms in total. The first-order valence-electron chi connectivity index (χ1n) is 5.32. The Hall–Kier alpha value is -2.43. The number of hydrogen-bond donors (Lipinski definition) is 2. The largest absolute Gasteiger partial charge is 0.504 e. The lowest BCUT2D eigenvalue weighted by atomic mass is 10.2. The van der Waals surface area contributed by atoms with Gasteiger partial charge in [0.05, 0.1) is 5.56 Å². The molecule has 0 radical (unpaired) electrons. The van der Waals surface area contributed by atoms with Crippen LogP contribution in [0.4, 0.5) is 0 Å². The van der Waals surface area contributed by atoms with Crippen LogP contribution < -0.4 is 10.4 Å². The molecule has 0 saturated carbocycles. The van der Waals surface area contributed by atoms with Crippen LogP contribution in [0.2, 0.25) is 0 Å². The molecule has 2 rings (SSSR count). The Kier molecular flexibility index (Phi) is 3.23. The van der Waals surface area contributed by atoms with Crippen molar-refractivity contribution in [2.75, 3.05) is 0 Å². The van der Waals surface area contributed by atoms with E-state index < -0.39 is 17.3 Å². The Bertz CT molecular complexity index is 601. The normalized spacial score (nSPS) is 10.3. The van der Waals surface area contributed by atoms with Crippen LogP contribution in [-0.2, 0) is 6.61 Å². The van der Waals surface area contributed by atoms with Crippen molar-refractivity contribution in [1.29, 1.82) is 0 Å². The predicted octanol–water partition coefficient (Wildman–Crippen LogP) is 1.94. The molecule has 2 N–H and O–H groups in total. The zero-order valence-electron chi connectivity index (χ0n) is 9.71. The predicted molar refractivity (Wildman–Crippen MR) is 63.8 cm³/mol. The minimum absolute atomic E-state index is 0.0673. The number of benzene rings is 1. The molecule has 0 aliphatic rings. The van der Waals surface area contributed by atoms with Crippen LogP contribution in [0.25, 0.3) is 0 Å². The molecule has 1 aromatic carbocycles. The third-order valence-electron chi connectivity index (χ3n) is 2.49. The highest BCUT2D eigenvalue weighted by Crippen LogP contribution is 2.31. The monoisotopic (exact) mass is 248 g/mol. The molecule has 5 heteroatoms. The van der Waals surface area contributed by atoms with Crippen molar-refractivity contribution in [3.05, 3.63) is 51.9 Å². The Balaban J connectivity index is 2.25. The van der Waals surface area contributed by atoms with Crippen LogP contribution in [-0.4, -0.2) is 10.2 Å². The number of aromatic hydroxyl groups is 2. The number of rotatable bonds is 3. The topological polar surface area (TPSA) is 79.9 Å². The summed E-state index contributed by atoms with van der Waals surface area (Å²) in [5.41, 5.74) is 0.00576. The molecule has 0 aliphatic carbocycles. The van der Waals surface area contributed by atoms with Gasteiger partial charge in [0.15, 0.2) is 5.75 Å². The van der Waals surface area contributed by atoms with E-state index in [1.54, 1.807) is 0 Å². The zero-order valence-corrected chi connectivity index (χ0v) is 9.71. The fraction of sp³-hybridized carbons (Fsp3) is 0.154. The maximum absolute atomic E-state index is 11.4. The second-order valence-corrected chi connectivity index (χ2v) is 3.77. The summed E-state index contributed by atoms with van der Waals surface area (Å²) in [6.45, 7) is 1.55. The van der Waals surface area contributed by atoms with E-state index in [1.165, 1.54) is 6.92 Å². The van der Waals surface area contributed by atoms with Crippen LogP contribution in [0.1, 0.15) is 11.1 Å². The maximum Gasteiger partial charge on any atom is 0.385 e. The third kappa shape index (κ3) is 2.29. The van der Waals surface area contributed by atoms with Gasteiger partial charge in [0, 0.05) is 0 Å².